The standard InChI is InChI=1S/C12H23N3/c1-2-3-4-5-6-7-8-15-11-14-10-12(15)9-13/h10-11H,2-9,13H2,1H3. The third kappa shape index (κ3) is 4.47. The van der Waals surface area contributed by atoms with Crippen molar-refractivity contribution in [1.29, 1.82) is 0 Å². The summed E-state index contributed by atoms with van der Waals surface area (Å²) in [6, 6.07) is 0. The topological polar surface area (TPSA) is 43.8 Å². The summed E-state index contributed by atoms with van der Waals surface area (Å²) >= 11 is 0. The zero-order valence-corrected chi connectivity index (χ0v) is 9.78. The molecule has 3 heteroatoms. The van der Waals surface area contributed by atoms with Crippen LogP contribution in [0.4, 0.5) is 0 Å². The van der Waals surface area contributed by atoms with Crippen molar-refractivity contribution < 1.29 is 0 Å². The molecule has 3 nitrogen and oxygen atoms in total. The van der Waals surface area contributed by atoms with Crippen LogP contribution in [0.15, 0.2) is 12.5 Å². The Morgan fingerprint density at radius 3 is 2.67 bits per heavy atom. The van der Waals surface area contributed by atoms with Crippen molar-refractivity contribution in [2.24, 2.45) is 5.73 Å². The molecular formula is C12H23N3. The zero-order chi connectivity index (χ0) is 10.9. The fraction of sp³-hybridized carbons (Fsp3) is 0.750. The maximum absolute atomic E-state index is 5.60. The molecule has 1 aromatic heterocycles. The van der Waals surface area contributed by atoms with Crippen molar-refractivity contribution in [1.82, 2.24) is 9.55 Å². The van der Waals surface area contributed by atoms with Crippen molar-refractivity contribution in [3.63, 3.8) is 0 Å². The van der Waals surface area contributed by atoms with E-state index in [-0.39, 0.29) is 0 Å². The van der Waals surface area contributed by atoms with Gasteiger partial charge in [0, 0.05) is 19.3 Å². The smallest absolute Gasteiger partial charge is 0.0948 e. The van der Waals surface area contributed by atoms with E-state index in [4.69, 9.17) is 5.73 Å². The Bertz CT molecular complexity index is 255. The Morgan fingerprint density at radius 2 is 1.93 bits per heavy atom. The largest absolute Gasteiger partial charge is 0.333 e. The number of hydrogen-bond acceptors (Lipinski definition) is 2. The summed E-state index contributed by atoms with van der Waals surface area (Å²) in [5.74, 6) is 0. The van der Waals surface area contributed by atoms with Gasteiger partial charge in [-0.2, -0.15) is 0 Å². The van der Waals surface area contributed by atoms with Crippen LogP contribution in [-0.2, 0) is 13.1 Å². The third-order valence-corrected chi connectivity index (χ3v) is 2.76. The van der Waals surface area contributed by atoms with Crippen molar-refractivity contribution >= 4 is 0 Å². The van der Waals surface area contributed by atoms with Crippen LogP contribution >= 0.6 is 0 Å². The summed E-state index contributed by atoms with van der Waals surface area (Å²) in [5.41, 5.74) is 6.75. The quantitative estimate of drug-likeness (QED) is 0.669. The molecule has 1 heterocycles. The lowest BCUT2D eigenvalue weighted by molar-refractivity contribution is 0.548. The first-order valence-electron chi connectivity index (χ1n) is 6.07. The number of aryl methyl sites for hydroxylation is 1. The highest BCUT2D eigenvalue weighted by molar-refractivity contribution is 4.96. The minimum Gasteiger partial charge on any atom is -0.333 e. The van der Waals surface area contributed by atoms with E-state index in [1.165, 1.54) is 38.5 Å². The Kier molecular flexibility index (Phi) is 6.09. The Balaban J connectivity index is 2.09. The average Bonchev–Trinajstić information content (AvgIpc) is 2.70. The number of imidazole rings is 1. The van der Waals surface area contributed by atoms with Crippen molar-refractivity contribution in [2.45, 2.75) is 58.5 Å². The van der Waals surface area contributed by atoms with Crippen molar-refractivity contribution in [3.8, 4) is 0 Å². The molecule has 0 amide bonds. The van der Waals surface area contributed by atoms with Crippen LogP contribution in [-0.4, -0.2) is 9.55 Å². The first-order chi connectivity index (χ1) is 7.38. The normalized spacial score (nSPS) is 10.8. The second-order valence-electron chi connectivity index (χ2n) is 4.05. The number of unbranched alkanes of at least 4 members (excludes halogenated alkanes) is 5. The fourth-order valence-electron chi connectivity index (χ4n) is 1.78. The Hall–Kier alpha value is -0.830. The van der Waals surface area contributed by atoms with E-state index in [1.807, 2.05) is 12.5 Å². The molecule has 1 aromatic rings. The third-order valence-electron chi connectivity index (χ3n) is 2.76. The molecule has 0 aromatic carbocycles. The monoisotopic (exact) mass is 209 g/mol. The van der Waals surface area contributed by atoms with E-state index in [1.54, 1.807) is 0 Å². The van der Waals surface area contributed by atoms with Crippen LogP contribution in [0.25, 0.3) is 0 Å². The van der Waals surface area contributed by atoms with E-state index >= 15 is 0 Å². The zero-order valence-electron chi connectivity index (χ0n) is 9.78. The molecule has 1 rings (SSSR count). The van der Waals surface area contributed by atoms with E-state index in [0.29, 0.717) is 6.54 Å². The van der Waals surface area contributed by atoms with Crippen LogP contribution in [0.5, 0.6) is 0 Å². The van der Waals surface area contributed by atoms with Crippen LogP contribution in [0.2, 0.25) is 0 Å². The van der Waals surface area contributed by atoms with Gasteiger partial charge in [-0.15, -0.1) is 0 Å². The highest BCUT2D eigenvalue weighted by atomic mass is 15.0. The molecule has 0 aliphatic rings. The van der Waals surface area contributed by atoms with E-state index < -0.39 is 0 Å². The lowest BCUT2D eigenvalue weighted by Crippen LogP contribution is -2.06. The summed E-state index contributed by atoms with van der Waals surface area (Å²) in [7, 11) is 0. The van der Waals surface area contributed by atoms with Crippen molar-refractivity contribution in [3.05, 3.63) is 18.2 Å². The number of hydrogen-bond donors (Lipinski definition) is 1. The van der Waals surface area contributed by atoms with E-state index in [2.05, 4.69) is 16.5 Å². The van der Waals surface area contributed by atoms with Gasteiger partial charge in [-0.05, 0) is 6.42 Å². The minimum absolute atomic E-state index is 0.593. The lowest BCUT2D eigenvalue weighted by Gasteiger charge is -2.05. The van der Waals surface area contributed by atoms with Gasteiger partial charge in [0.25, 0.3) is 0 Å². The summed E-state index contributed by atoms with van der Waals surface area (Å²) in [4.78, 5) is 4.10. The highest BCUT2D eigenvalue weighted by Gasteiger charge is 1.98. The fourth-order valence-corrected chi connectivity index (χ4v) is 1.78. The SMILES string of the molecule is CCCCCCCCn1cncc1CN. The molecule has 86 valence electrons. The average molecular weight is 209 g/mol. The number of aromatic nitrogens is 2. The number of rotatable bonds is 8. The maximum atomic E-state index is 5.60. The van der Waals surface area contributed by atoms with E-state index in [9.17, 15) is 0 Å². The lowest BCUT2D eigenvalue weighted by atomic mass is 10.1. The minimum atomic E-state index is 0.593. The second-order valence-corrected chi connectivity index (χ2v) is 4.05. The molecule has 0 saturated heterocycles. The predicted octanol–water partition coefficient (Wildman–Crippen LogP) is 2.70. The molecule has 0 unspecified atom stereocenters. The van der Waals surface area contributed by atoms with Gasteiger partial charge in [0.2, 0.25) is 0 Å². The molecule has 0 aliphatic heterocycles. The molecule has 0 bridgehead atoms. The van der Waals surface area contributed by atoms with Gasteiger partial charge in [-0.3, -0.25) is 0 Å². The summed E-state index contributed by atoms with van der Waals surface area (Å²) < 4.78 is 2.17. The summed E-state index contributed by atoms with van der Waals surface area (Å²) in [6.45, 7) is 3.91. The van der Waals surface area contributed by atoms with Gasteiger partial charge in [0.05, 0.1) is 12.0 Å². The van der Waals surface area contributed by atoms with Gasteiger partial charge < -0.3 is 10.3 Å². The van der Waals surface area contributed by atoms with Gasteiger partial charge >= 0.3 is 0 Å². The van der Waals surface area contributed by atoms with Crippen LogP contribution in [0.3, 0.4) is 0 Å². The first kappa shape index (κ1) is 12.2. The van der Waals surface area contributed by atoms with Crippen LogP contribution in [0, 0.1) is 0 Å². The van der Waals surface area contributed by atoms with Gasteiger partial charge in [-0.25, -0.2) is 4.98 Å². The van der Waals surface area contributed by atoms with Crippen molar-refractivity contribution in [2.75, 3.05) is 0 Å². The molecule has 0 radical (unpaired) electrons. The van der Waals surface area contributed by atoms with E-state index in [0.717, 1.165) is 12.2 Å². The van der Waals surface area contributed by atoms with Gasteiger partial charge in [0.1, 0.15) is 0 Å². The summed E-state index contributed by atoms with van der Waals surface area (Å²) in [5, 5.41) is 0. The Labute approximate surface area is 92.7 Å². The molecule has 0 fully saturated rings. The maximum Gasteiger partial charge on any atom is 0.0948 e. The molecule has 0 atom stereocenters. The molecule has 15 heavy (non-hydrogen) atoms. The second kappa shape index (κ2) is 7.46. The highest BCUT2D eigenvalue weighted by Crippen LogP contribution is 2.07. The summed E-state index contributed by atoms with van der Waals surface area (Å²) in [6.07, 6.45) is 11.7. The Morgan fingerprint density at radius 1 is 1.20 bits per heavy atom. The van der Waals surface area contributed by atoms with Crippen LogP contribution in [0.1, 0.15) is 51.1 Å². The molecule has 0 aliphatic carbocycles. The molecular weight excluding hydrogens is 186 g/mol. The molecule has 0 saturated carbocycles. The molecule has 2 N–H and O–H groups in total. The number of nitrogens with two attached hydrogens (primary N) is 1. The van der Waals surface area contributed by atoms with Crippen LogP contribution < -0.4 is 5.73 Å². The number of nitrogens with zero attached hydrogens (tertiary/aromatic N) is 2. The first-order valence-corrected chi connectivity index (χ1v) is 6.07. The predicted molar refractivity (Wildman–Crippen MR) is 63.5 cm³/mol. The van der Waals surface area contributed by atoms with Gasteiger partial charge in [-0.1, -0.05) is 39.0 Å². The van der Waals surface area contributed by atoms with Gasteiger partial charge in [0.15, 0.2) is 0 Å². The molecule has 0 spiro atoms.